The minimum atomic E-state index is -3.66. The number of benzene rings is 1. The molecule has 0 bridgehead atoms. The van der Waals surface area contributed by atoms with Crippen molar-refractivity contribution in [2.75, 3.05) is 13.7 Å². The molecule has 3 rings (SSSR count). The number of nitrogens with one attached hydrogen (secondary N) is 1. The van der Waals surface area contributed by atoms with E-state index in [1.165, 1.54) is 13.1 Å². The summed E-state index contributed by atoms with van der Waals surface area (Å²) < 4.78 is 31.9. The van der Waals surface area contributed by atoms with Crippen molar-refractivity contribution in [3.05, 3.63) is 63.1 Å². The van der Waals surface area contributed by atoms with E-state index < -0.39 is 16.0 Å². The topological polar surface area (TPSA) is 72.5 Å². The third kappa shape index (κ3) is 3.17. The van der Waals surface area contributed by atoms with Crippen molar-refractivity contribution in [2.24, 2.45) is 0 Å². The second kappa shape index (κ2) is 6.55. The van der Waals surface area contributed by atoms with Crippen LogP contribution in [0.1, 0.15) is 18.4 Å². The summed E-state index contributed by atoms with van der Waals surface area (Å²) in [6.07, 6.45) is 4.06. The van der Waals surface area contributed by atoms with Crippen LogP contribution in [0.5, 0.6) is 0 Å². The molecular weight excluding hydrogens is 350 g/mol. The Morgan fingerprint density at radius 3 is 2.42 bits per heavy atom. The van der Waals surface area contributed by atoms with Gasteiger partial charge in [0.1, 0.15) is 0 Å². The van der Waals surface area contributed by atoms with E-state index >= 15 is 0 Å². The Bertz CT molecular complexity index is 880. The molecule has 1 aromatic rings. The lowest BCUT2D eigenvalue weighted by Gasteiger charge is -2.20. The average molecular weight is 366 g/mol. The fourth-order valence-corrected chi connectivity index (χ4v) is 3.91. The highest BCUT2D eigenvalue weighted by molar-refractivity contribution is 7.93. The molecular formula is C17H16ClNO4S. The molecule has 1 saturated heterocycles. The van der Waals surface area contributed by atoms with Crippen LogP contribution in [0.3, 0.4) is 0 Å². The Hall–Kier alpha value is -1.89. The zero-order valence-corrected chi connectivity index (χ0v) is 14.6. The number of carbonyl (C=O) groups excluding carboxylic acids is 1. The van der Waals surface area contributed by atoms with Crippen LogP contribution in [0.4, 0.5) is 0 Å². The van der Waals surface area contributed by atoms with Crippen LogP contribution < -0.4 is 4.72 Å². The van der Waals surface area contributed by atoms with Crippen LogP contribution in [0.2, 0.25) is 5.02 Å². The van der Waals surface area contributed by atoms with Crippen LogP contribution in [-0.2, 0) is 19.6 Å². The molecule has 1 aliphatic carbocycles. The Balaban J connectivity index is 2.11. The van der Waals surface area contributed by atoms with Gasteiger partial charge in [-0.3, -0.25) is 0 Å². The van der Waals surface area contributed by atoms with Gasteiger partial charge in [0.2, 0.25) is 10.0 Å². The Morgan fingerprint density at radius 2 is 1.83 bits per heavy atom. The molecule has 2 aliphatic rings. The van der Waals surface area contributed by atoms with Crippen molar-refractivity contribution in [2.45, 2.75) is 12.8 Å². The summed E-state index contributed by atoms with van der Waals surface area (Å²) in [5, 5.41) is 0.627. The first-order valence-corrected chi connectivity index (χ1v) is 9.28. The van der Waals surface area contributed by atoms with Crippen molar-refractivity contribution >= 4 is 33.2 Å². The lowest BCUT2D eigenvalue weighted by atomic mass is 9.90. The van der Waals surface area contributed by atoms with E-state index in [-0.39, 0.29) is 11.5 Å². The Labute approximate surface area is 145 Å². The van der Waals surface area contributed by atoms with E-state index in [4.69, 9.17) is 16.3 Å². The zero-order valence-electron chi connectivity index (χ0n) is 13.0. The highest BCUT2D eigenvalue weighted by Crippen LogP contribution is 2.37. The monoisotopic (exact) mass is 365 g/mol. The van der Waals surface area contributed by atoms with Gasteiger partial charge in [0.25, 0.3) is 0 Å². The van der Waals surface area contributed by atoms with Gasteiger partial charge in [-0.15, -0.1) is 0 Å². The molecule has 0 atom stereocenters. The van der Waals surface area contributed by atoms with Crippen LogP contribution >= 0.6 is 11.6 Å². The predicted molar refractivity (Wildman–Crippen MR) is 92.7 cm³/mol. The molecule has 1 aromatic carbocycles. The first-order chi connectivity index (χ1) is 11.4. The summed E-state index contributed by atoms with van der Waals surface area (Å²) in [5.74, 6) is -0.445. The maximum Gasteiger partial charge on any atom is 0.334 e. The highest BCUT2D eigenvalue weighted by atomic mass is 35.5. The molecule has 0 aromatic heterocycles. The van der Waals surface area contributed by atoms with Crippen LogP contribution in [0.25, 0.3) is 5.57 Å². The van der Waals surface area contributed by atoms with Crippen LogP contribution in [0.15, 0.2) is 52.5 Å². The van der Waals surface area contributed by atoms with Crippen molar-refractivity contribution in [3.63, 3.8) is 0 Å². The van der Waals surface area contributed by atoms with E-state index in [0.29, 0.717) is 29.0 Å². The SMILES string of the molecule is CNS(=O)(=O)C1=CC=C(c2ccc(Cl)cc2)CC1=C1CCOC1=O. The summed E-state index contributed by atoms with van der Waals surface area (Å²) in [7, 11) is -2.31. The van der Waals surface area contributed by atoms with Gasteiger partial charge in [0, 0.05) is 17.0 Å². The molecule has 0 amide bonds. The highest BCUT2D eigenvalue weighted by Gasteiger charge is 2.31. The zero-order chi connectivity index (χ0) is 17.3. The average Bonchev–Trinajstić information content (AvgIpc) is 3.01. The second-order valence-electron chi connectivity index (χ2n) is 5.46. The van der Waals surface area contributed by atoms with E-state index in [1.54, 1.807) is 18.2 Å². The first-order valence-electron chi connectivity index (χ1n) is 7.42. The maximum absolute atomic E-state index is 12.3. The first kappa shape index (κ1) is 17.0. The number of ether oxygens (including phenoxy) is 1. The fourth-order valence-electron chi connectivity index (χ4n) is 2.80. The van der Waals surface area contributed by atoms with E-state index in [1.807, 2.05) is 12.1 Å². The van der Waals surface area contributed by atoms with Crippen LogP contribution in [-0.4, -0.2) is 28.0 Å². The lowest BCUT2D eigenvalue weighted by molar-refractivity contribution is -0.135. The number of hydrogen-bond acceptors (Lipinski definition) is 4. The van der Waals surface area contributed by atoms with Gasteiger partial charge in [0.15, 0.2) is 0 Å². The molecule has 0 saturated carbocycles. The predicted octanol–water partition coefficient (Wildman–Crippen LogP) is 2.80. The molecule has 24 heavy (non-hydrogen) atoms. The summed E-state index contributed by atoms with van der Waals surface area (Å²) >= 11 is 5.91. The van der Waals surface area contributed by atoms with Crippen LogP contribution in [0, 0.1) is 0 Å². The lowest BCUT2D eigenvalue weighted by Crippen LogP contribution is -2.23. The van der Waals surface area contributed by atoms with Crippen molar-refractivity contribution in [1.29, 1.82) is 0 Å². The Kier molecular flexibility index (Phi) is 4.62. The van der Waals surface area contributed by atoms with Gasteiger partial charge in [-0.1, -0.05) is 29.8 Å². The number of allylic oxidation sites excluding steroid dienone is 4. The van der Waals surface area contributed by atoms with Crippen molar-refractivity contribution in [1.82, 2.24) is 4.72 Å². The molecule has 1 heterocycles. The minimum absolute atomic E-state index is 0.122. The number of rotatable bonds is 3. The number of hydrogen-bond donors (Lipinski definition) is 1. The maximum atomic E-state index is 12.3. The second-order valence-corrected chi connectivity index (χ2v) is 7.75. The van der Waals surface area contributed by atoms with Gasteiger partial charge in [-0.2, -0.15) is 0 Å². The molecule has 5 nitrogen and oxygen atoms in total. The third-order valence-corrected chi connectivity index (χ3v) is 5.82. The van der Waals surface area contributed by atoms with Crippen molar-refractivity contribution in [3.8, 4) is 0 Å². The molecule has 1 N–H and O–H groups in total. The Morgan fingerprint density at radius 1 is 1.12 bits per heavy atom. The summed E-state index contributed by atoms with van der Waals surface area (Å²) in [6, 6.07) is 7.29. The molecule has 1 aliphatic heterocycles. The van der Waals surface area contributed by atoms with Gasteiger partial charge in [-0.25, -0.2) is 17.9 Å². The van der Waals surface area contributed by atoms with Gasteiger partial charge >= 0.3 is 5.97 Å². The van der Waals surface area contributed by atoms with E-state index in [2.05, 4.69) is 4.72 Å². The summed E-state index contributed by atoms with van der Waals surface area (Å²) in [5.41, 5.74) is 2.78. The van der Waals surface area contributed by atoms with E-state index in [9.17, 15) is 13.2 Å². The molecule has 126 valence electrons. The largest absolute Gasteiger partial charge is 0.462 e. The van der Waals surface area contributed by atoms with Crippen molar-refractivity contribution < 1.29 is 17.9 Å². The minimum Gasteiger partial charge on any atom is -0.462 e. The van der Waals surface area contributed by atoms with Gasteiger partial charge < -0.3 is 4.74 Å². The normalized spacial score (nSPS) is 21.3. The standard InChI is InChI=1S/C17H16ClNO4S/c1-19-24(21,22)16-7-4-12(11-2-5-13(18)6-3-11)10-15(16)14-8-9-23-17(14)20/h2-7,19H,8-10H2,1H3. The number of cyclic esters (lactones) is 1. The fraction of sp³-hybridized carbons (Fsp3) is 0.235. The third-order valence-electron chi connectivity index (χ3n) is 4.07. The molecule has 0 unspecified atom stereocenters. The van der Waals surface area contributed by atoms with E-state index in [0.717, 1.165) is 11.1 Å². The quantitative estimate of drug-likeness (QED) is 0.660. The number of halogens is 1. The number of esters is 1. The number of sulfonamides is 1. The van der Waals surface area contributed by atoms with Gasteiger partial charge in [0.05, 0.1) is 11.5 Å². The summed E-state index contributed by atoms with van der Waals surface area (Å²) in [4.78, 5) is 12.1. The molecule has 0 radical (unpaired) electrons. The molecule has 7 heteroatoms. The smallest absolute Gasteiger partial charge is 0.334 e. The summed E-state index contributed by atoms with van der Waals surface area (Å²) in [6.45, 7) is 0.282. The molecule has 0 spiro atoms. The molecule has 1 fully saturated rings. The van der Waals surface area contributed by atoms with Gasteiger partial charge in [-0.05, 0) is 48.4 Å². The number of carbonyl (C=O) groups is 1.